The van der Waals surface area contributed by atoms with E-state index in [0.29, 0.717) is 36.5 Å². The van der Waals surface area contributed by atoms with Crippen LogP contribution < -0.4 is 5.32 Å². The van der Waals surface area contributed by atoms with Crippen LogP contribution in [0.1, 0.15) is 52.9 Å². The van der Waals surface area contributed by atoms with Crippen LogP contribution in [0.25, 0.3) is 0 Å². The molecule has 3 rings (SSSR count). The van der Waals surface area contributed by atoms with Crippen LogP contribution in [0.3, 0.4) is 0 Å². The molecule has 1 fully saturated rings. The molecule has 8 heteroatoms. The Bertz CT molecular complexity index is 737. The standard InChI is InChI=1S/C20H28N2O5S/c1-26-19(24)13-8-10-22(11-9-13)12-16(23)21-18-17(20(25)27-2)14-6-4-3-5-7-15(14)28-18/h13H,3-12H2,1-2H3,(H,21,23). The topological polar surface area (TPSA) is 84.9 Å². The number of amides is 1. The van der Waals surface area contributed by atoms with E-state index < -0.39 is 0 Å². The number of methoxy groups -OCH3 is 2. The van der Waals surface area contributed by atoms with Gasteiger partial charge in [0.1, 0.15) is 5.00 Å². The first-order valence-electron chi connectivity index (χ1n) is 9.86. The van der Waals surface area contributed by atoms with Gasteiger partial charge in [0.15, 0.2) is 0 Å². The fourth-order valence-electron chi connectivity index (χ4n) is 4.01. The van der Waals surface area contributed by atoms with Gasteiger partial charge >= 0.3 is 11.9 Å². The zero-order chi connectivity index (χ0) is 20.1. The number of nitrogens with one attached hydrogen (secondary N) is 1. The normalized spacial score (nSPS) is 18.1. The Morgan fingerprint density at radius 3 is 2.46 bits per heavy atom. The summed E-state index contributed by atoms with van der Waals surface area (Å²) in [6, 6.07) is 0. The molecule has 28 heavy (non-hydrogen) atoms. The largest absolute Gasteiger partial charge is 0.469 e. The smallest absolute Gasteiger partial charge is 0.341 e. The minimum absolute atomic E-state index is 0.0804. The monoisotopic (exact) mass is 408 g/mol. The van der Waals surface area contributed by atoms with Crippen molar-refractivity contribution in [2.24, 2.45) is 5.92 Å². The van der Waals surface area contributed by atoms with Crippen LogP contribution in [0.4, 0.5) is 5.00 Å². The maximum atomic E-state index is 12.6. The van der Waals surface area contributed by atoms with Crippen molar-refractivity contribution in [3.63, 3.8) is 0 Å². The molecule has 154 valence electrons. The predicted molar refractivity (Wildman–Crippen MR) is 107 cm³/mol. The molecule has 0 radical (unpaired) electrons. The molecule has 0 saturated carbocycles. The third-order valence-corrected chi connectivity index (χ3v) is 6.76. The minimum atomic E-state index is -0.381. The molecule has 1 aromatic heterocycles. The van der Waals surface area contributed by atoms with Crippen molar-refractivity contribution in [1.29, 1.82) is 0 Å². The lowest BCUT2D eigenvalue weighted by Crippen LogP contribution is -2.41. The lowest BCUT2D eigenvalue weighted by Gasteiger charge is -2.29. The van der Waals surface area contributed by atoms with Crippen LogP contribution in [-0.2, 0) is 31.9 Å². The van der Waals surface area contributed by atoms with Crippen LogP contribution >= 0.6 is 11.3 Å². The van der Waals surface area contributed by atoms with Gasteiger partial charge in [0.25, 0.3) is 0 Å². The van der Waals surface area contributed by atoms with Gasteiger partial charge in [-0.3, -0.25) is 14.5 Å². The van der Waals surface area contributed by atoms with E-state index in [2.05, 4.69) is 5.32 Å². The number of hydrogen-bond donors (Lipinski definition) is 1. The number of nitrogens with zero attached hydrogens (tertiary/aromatic N) is 1. The SMILES string of the molecule is COC(=O)c1c(NC(=O)CN2CCC(C(=O)OC)CC2)sc2c1CCCCC2. The summed E-state index contributed by atoms with van der Waals surface area (Å²) >= 11 is 1.50. The van der Waals surface area contributed by atoms with Crippen molar-refractivity contribution in [3.05, 3.63) is 16.0 Å². The Balaban J connectivity index is 1.64. The number of aryl methyl sites for hydroxylation is 1. The summed E-state index contributed by atoms with van der Waals surface area (Å²) in [5.74, 6) is -0.776. The van der Waals surface area contributed by atoms with Crippen molar-refractivity contribution >= 4 is 34.2 Å². The first-order chi connectivity index (χ1) is 13.5. The molecule has 1 aliphatic carbocycles. The lowest BCUT2D eigenvalue weighted by molar-refractivity contribution is -0.147. The lowest BCUT2D eigenvalue weighted by atomic mass is 9.97. The van der Waals surface area contributed by atoms with Gasteiger partial charge in [-0.05, 0) is 57.2 Å². The van der Waals surface area contributed by atoms with Gasteiger partial charge in [0.2, 0.25) is 5.91 Å². The van der Waals surface area contributed by atoms with Gasteiger partial charge in [0, 0.05) is 4.88 Å². The van der Waals surface area contributed by atoms with Crippen molar-refractivity contribution < 1.29 is 23.9 Å². The summed E-state index contributed by atoms with van der Waals surface area (Å²) in [4.78, 5) is 39.8. The highest BCUT2D eigenvalue weighted by Gasteiger charge is 2.28. The average Bonchev–Trinajstić information content (AvgIpc) is 2.87. The Morgan fingerprint density at radius 2 is 1.79 bits per heavy atom. The van der Waals surface area contributed by atoms with Crippen LogP contribution in [0.15, 0.2) is 0 Å². The number of piperidine rings is 1. The molecule has 0 bridgehead atoms. The number of carbonyl (C=O) groups is 3. The van der Waals surface area contributed by atoms with Gasteiger partial charge in [-0.25, -0.2) is 4.79 Å². The number of ether oxygens (including phenoxy) is 2. The number of fused-ring (bicyclic) bond motifs is 1. The summed E-state index contributed by atoms with van der Waals surface area (Å²) < 4.78 is 9.78. The van der Waals surface area contributed by atoms with Crippen LogP contribution in [0.5, 0.6) is 0 Å². The highest BCUT2D eigenvalue weighted by Crippen LogP contribution is 2.38. The molecular weight excluding hydrogens is 380 g/mol. The fraction of sp³-hybridized carbons (Fsp3) is 0.650. The van der Waals surface area contributed by atoms with E-state index in [1.165, 1.54) is 30.4 Å². The quantitative estimate of drug-likeness (QED) is 0.596. The molecular formula is C20H28N2O5S. The summed E-state index contributed by atoms with van der Waals surface area (Å²) in [5.41, 5.74) is 1.57. The van der Waals surface area contributed by atoms with E-state index in [9.17, 15) is 14.4 Å². The number of hydrogen-bond acceptors (Lipinski definition) is 7. The molecule has 2 aliphatic rings. The Hall–Kier alpha value is -1.93. The maximum absolute atomic E-state index is 12.6. The van der Waals surface area contributed by atoms with Gasteiger partial charge in [0.05, 0.1) is 32.2 Å². The molecule has 1 saturated heterocycles. The zero-order valence-electron chi connectivity index (χ0n) is 16.5. The van der Waals surface area contributed by atoms with Gasteiger partial charge in [-0.2, -0.15) is 0 Å². The number of anilines is 1. The third kappa shape index (κ3) is 4.72. The molecule has 1 aliphatic heterocycles. The average molecular weight is 409 g/mol. The number of esters is 2. The number of rotatable bonds is 5. The number of carbonyl (C=O) groups excluding carboxylic acids is 3. The molecule has 2 heterocycles. The van der Waals surface area contributed by atoms with E-state index in [-0.39, 0.29) is 30.3 Å². The summed E-state index contributed by atoms with van der Waals surface area (Å²) in [6.45, 7) is 1.60. The molecule has 1 N–H and O–H groups in total. The molecule has 1 aromatic rings. The minimum Gasteiger partial charge on any atom is -0.469 e. The first-order valence-corrected chi connectivity index (χ1v) is 10.7. The van der Waals surface area contributed by atoms with E-state index in [0.717, 1.165) is 37.7 Å². The molecule has 0 aromatic carbocycles. The summed E-state index contributed by atoms with van der Waals surface area (Å²) in [5, 5.41) is 3.55. The molecule has 1 amide bonds. The van der Waals surface area contributed by atoms with Crippen molar-refractivity contribution in [2.45, 2.75) is 44.9 Å². The summed E-state index contributed by atoms with van der Waals surface area (Å²) in [7, 11) is 2.78. The molecule has 0 spiro atoms. The van der Waals surface area contributed by atoms with Gasteiger partial charge in [-0.15, -0.1) is 11.3 Å². The van der Waals surface area contributed by atoms with Crippen LogP contribution in [0, 0.1) is 5.92 Å². The number of thiophene rings is 1. The van der Waals surface area contributed by atoms with E-state index in [1.54, 1.807) is 0 Å². The van der Waals surface area contributed by atoms with E-state index in [1.807, 2.05) is 4.90 Å². The molecule has 7 nitrogen and oxygen atoms in total. The molecule has 0 atom stereocenters. The second-order valence-electron chi connectivity index (χ2n) is 7.38. The van der Waals surface area contributed by atoms with Gasteiger partial charge < -0.3 is 14.8 Å². The number of likely N-dealkylation sites (tertiary alicyclic amines) is 1. The van der Waals surface area contributed by atoms with Gasteiger partial charge in [-0.1, -0.05) is 6.42 Å². The second kappa shape index (κ2) is 9.52. The van der Waals surface area contributed by atoms with Crippen molar-refractivity contribution in [3.8, 4) is 0 Å². The van der Waals surface area contributed by atoms with Crippen molar-refractivity contribution in [2.75, 3.05) is 39.2 Å². The fourth-order valence-corrected chi connectivity index (χ4v) is 5.30. The second-order valence-corrected chi connectivity index (χ2v) is 8.49. The Labute approximate surface area is 169 Å². The highest BCUT2D eigenvalue weighted by molar-refractivity contribution is 7.17. The van der Waals surface area contributed by atoms with Crippen molar-refractivity contribution in [1.82, 2.24) is 4.90 Å². The van der Waals surface area contributed by atoms with Crippen LogP contribution in [0.2, 0.25) is 0 Å². The van der Waals surface area contributed by atoms with E-state index >= 15 is 0 Å². The molecule has 0 unspecified atom stereocenters. The zero-order valence-corrected chi connectivity index (χ0v) is 17.4. The summed E-state index contributed by atoms with van der Waals surface area (Å²) in [6.07, 6.45) is 6.51. The highest BCUT2D eigenvalue weighted by atomic mass is 32.1. The van der Waals surface area contributed by atoms with Crippen LogP contribution in [-0.4, -0.2) is 56.6 Å². The predicted octanol–water partition coefficient (Wildman–Crippen LogP) is 2.63. The third-order valence-electron chi connectivity index (χ3n) is 5.55. The first kappa shape index (κ1) is 20.8. The van der Waals surface area contributed by atoms with E-state index in [4.69, 9.17) is 9.47 Å². The Kier molecular flexibility index (Phi) is 7.07. The maximum Gasteiger partial charge on any atom is 0.341 e. The Morgan fingerprint density at radius 1 is 1.07 bits per heavy atom.